The third kappa shape index (κ3) is 3.64. The first-order valence-corrected chi connectivity index (χ1v) is 10.3. The highest BCUT2D eigenvalue weighted by Gasteiger charge is 2.26. The lowest BCUT2D eigenvalue weighted by atomic mass is 10.1. The van der Waals surface area contributed by atoms with Crippen molar-refractivity contribution in [3.8, 4) is 11.8 Å². The van der Waals surface area contributed by atoms with Crippen LogP contribution in [0.25, 0.3) is 5.69 Å². The summed E-state index contributed by atoms with van der Waals surface area (Å²) in [6.45, 7) is 2.41. The van der Waals surface area contributed by atoms with Crippen LogP contribution in [0.3, 0.4) is 0 Å². The predicted molar refractivity (Wildman–Crippen MR) is 115 cm³/mol. The van der Waals surface area contributed by atoms with Gasteiger partial charge in [0.05, 0.1) is 35.0 Å². The smallest absolute Gasteiger partial charge is 0.274 e. The Morgan fingerprint density at radius 3 is 2.77 bits per heavy atom. The van der Waals surface area contributed by atoms with Gasteiger partial charge < -0.3 is 0 Å². The minimum absolute atomic E-state index is 0.168. The van der Waals surface area contributed by atoms with Crippen LogP contribution in [0.15, 0.2) is 46.2 Å². The molecule has 0 N–H and O–H groups in total. The van der Waals surface area contributed by atoms with E-state index in [1.807, 2.05) is 25.1 Å². The molecule has 4 rings (SSSR count). The van der Waals surface area contributed by atoms with E-state index in [4.69, 9.17) is 23.2 Å². The maximum Gasteiger partial charge on any atom is 0.350 e. The number of fused-ring (bicyclic) bond motifs is 3. The second-order valence-corrected chi connectivity index (χ2v) is 7.77. The second-order valence-electron chi connectivity index (χ2n) is 6.98. The minimum Gasteiger partial charge on any atom is -0.274 e. The topological polar surface area (TPSA) is 88.9 Å². The Morgan fingerprint density at radius 1 is 1.23 bits per heavy atom. The van der Waals surface area contributed by atoms with Crippen LogP contribution < -0.4 is 5.69 Å². The Kier molecular flexibility index (Phi) is 5.71. The maximum absolute atomic E-state index is 13.2. The molecule has 3 heterocycles. The van der Waals surface area contributed by atoms with E-state index < -0.39 is 0 Å². The molecule has 0 spiro atoms. The average molecular weight is 441 g/mol. The van der Waals surface area contributed by atoms with Crippen LogP contribution >= 0.6 is 23.2 Å². The van der Waals surface area contributed by atoms with E-state index >= 15 is 0 Å². The average Bonchev–Trinajstić information content (AvgIpc) is 2.95. The summed E-state index contributed by atoms with van der Waals surface area (Å²) in [5.74, 6) is 0.192. The van der Waals surface area contributed by atoms with Crippen molar-refractivity contribution in [2.45, 2.75) is 32.9 Å². The number of halogens is 2. The van der Waals surface area contributed by atoms with Gasteiger partial charge in [-0.2, -0.15) is 10.4 Å². The number of benzene rings is 1. The van der Waals surface area contributed by atoms with Gasteiger partial charge in [-0.05, 0) is 24.6 Å². The molecule has 9 heteroatoms. The maximum atomic E-state index is 13.2. The first kappa shape index (κ1) is 20.3. The molecular formula is C21H18Cl2N6O. The van der Waals surface area contributed by atoms with E-state index in [0.29, 0.717) is 39.9 Å². The molecule has 0 fully saturated rings. The molecule has 1 aliphatic rings. The molecule has 0 aliphatic carbocycles. The molecule has 2 aromatic heterocycles. The molecular weight excluding hydrogens is 423 g/mol. The summed E-state index contributed by atoms with van der Waals surface area (Å²) in [7, 11) is 0. The van der Waals surface area contributed by atoms with Crippen LogP contribution in [-0.4, -0.2) is 25.0 Å². The van der Waals surface area contributed by atoms with Gasteiger partial charge in [0.25, 0.3) is 0 Å². The van der Waals surface area contributed by atoms with Crippen LogP contribution in [-0.2, 0) is 13.1 Å². The van der Waals surface area contributed by atoms with E-state index in [1.165, 1.54) is 9.25 Å². The standard InChI is InChI=1S/C21H18Cl2N6O/c1-2-5-13(10-24)12-28-21(30)29-16-8-9-17(23)26-20(16)19(25-11-18(29)27-28)14-6-3-4-7-15(14)22/h3-4,6-9,13H,2,5,11-12H2,1H3. The second kappa shape index (κ2) is 8.42. The molecule has 152 valence electrons. The van der Waals surface area contributed by atoms with Crippen LogP contribution in [0.4, 0.5) is 0 Å². The molecule has 30 heavy (non-hydrogen) atoms. The van der Waals surface area contributed by atoms with Gasteiger partial charge in [0.2, 0.25) is 0 Å². The monoisotopic (exact) mass is 440 g/mol. The van der Waals surface area contributed by atoms with Gasteiger partial charge in [0, 0.05) is 5.56 Å². The zero-order chi connectivity index (χ0) is 21.3. The quantitative estimate of drug-likeness (QED) is 0.560. The molecule has 1 atom stereocenters. The summed E-state index contributed by atoms with van der Waals surface area (Å²) in [5, 5.41) is 14.6. The SMILES string of the molecule is CCCC(C#N)Cn1nc2n(c1=O)-c1ccc(Cl)nc1C(c1ccccc1Cl)=NC2. The number of pyridine rings is 1. The van der Waals surface area contributed by atoms with E-state index in [9.17, 15) is 10.1 Å². The number of aromatic nitrogens is 4. The fourth-order valence-electron chi connectivity index (χ4n) is 3.54. The Labute approximate surface area is 183 Å². The van der Waals surface area contributed by atoms with E-state index in [2.05, 4.69) is 21.1 Å². The minimum atomic E-state index is -0.331. The van der Waals surface area contributed by atoms with E-state index in [0.717, 1.165) is 6.42 Å². The van der Waals surface area contributed by atoms with Crippen molar-refractivity contribution < 1.29 is 0 Å². The number of nitrogens with zero attached hydrogens (tertiary/aromatic N) is 6. The first-order valence-electron chi connectivity index (χ1n) is 9.58. The molecule has 0 radical (unpaired) electrons. The number of nitriles is 1. The van der Waals surface area contributed by atoms with Gasteiger partial charge in [-0.25, -0.2) is 19.0 Å². The van der Waals surface area contributed by atoms with E-state index in [1.54, 1.807) is 18.2 Å². The molecule has 0 saturated heterocycles. The third-order valence-electron chi connectivity index (χ3n) is 4.93. The van der Waals surface area contributed by atoms with Gasteiger partial charge in [-0.3, -0.25) is 4.99 Å². The van der Waals surface area contributed by atoms with Crippen LogP contribution in [0, 0.1) is 17.2 Å². The van der Waals surface area contributed by atoms with Crippen LogP contribution in [0.5, 0.6) is 0 Å². The lowest BCUT2D eigenvalue weighted by Gasteiger charge is -2.11. The summed E-state index contributed by atoms with van der Waals surface area (Å²) >= 11 is 12.6. The lowest BCUT2D eigenvalue weighted by molar-refractivity contribution is 0.454. The Bertz CT molecular complexity index is 1240. The molecule has 0 bridgehead atoms. The van der Waals surface area contributed by atoms with Crippen LogP contribution in [0.1, 0.15) is 36.8 Å². The summed E-state index contributed by atoms with van der Waals surface area (Å²) in [6, 6.07) is 12.9. The molecule has 1 unspecified atom stereocenters. The van der Waals surface area contributed by atoms with Gasteiger partial charge >= 0.3 is 5.69 Å². The highest BCUT2D eigenvalue weighted by atomic mass is 35.5. The zero-order valence-electron chi connectivity index (χ0n) is 16.2. The summed E-state index contributed by atoms with van der Waals surface area (Å²) in [6.07, 6.45) is 1.56. The molecule has 0 amide bonds. The lowest BCUT2D eigenvalue weighted by Crippen LogP contribution is -2.27. The number of hydrogen-bond donors (Lipinski definition) is 0. The largest absolute Gasteiger partial charge is 0.350 e. The first-order chi connectivity index (χ1) is 14.5. The number of rotatable bonds is 5. The number of aliphatic imine (C=N–C) groups is 1. The van der Waals surface area contributed by atoms with Crippen molar-refractivity contribution in [1.82, 2.24) is 19.3 Å². The summed E-state index contributed by atoms with van der Waals surface area (Å²) in [5.41, 5.74) is 1.92. The Hall–Kier alpha value is -2.95. The summed E-state index contributed by atoms with van der Waals surface area (Å²) < 4.78 is 2.83. The van der Waals surface area contributed by atoms with Crippen molar-refractivity contribution in [2.75, 3.05) is 0 Å². The molecule has 0 saturated carbocycles. The van der Waals surface area contributed by atoms with Gasteiger partial charge in [0.15, 0.2) is 5.82 Å². The molecule has 3 aromatic rings. The van der Waals surface area contributed by atoms with Gasteiger partial charge in [-0.1, -0.05) is 54.7 Å². The van der Waals surface area contributed by atoms with Crippen molar-refractivity contribution in [1.29, 1.82) is 5.26 Å². The fraction of sp³-hybridized carbons (Fsp3) is 0.286. The highest BCUT2D eigenvalue weighted by Crippen LogP contribution is 2.27. The van der Waals surface area contributed by atoms with Gasteiger partial charge in [0.1, 0.15) is 17.4 Å². The van der Waals surface area contributed by atoms with E-state index in [-0.39, 0.29) is 29.9 Å². The molecule has 1 aromatic carbocycles. The van der Waals surface area contributed by atoms with Crippen molar-refractivity contribution in [3.63, 3.8) is 0 Å². The van der Waals surface area contributed by atoms with Crippen molar-refractivity contribution in [3.05, 3.63) is 74.1 Å². The Balaban J connectivity index is 1.87. The molecule has 1 aliphatic heterocycles. The molecule has 7 nitrogen and oxygen atoms in total. The predicted octanol–water partition coefficient (Wildman–Crippen LogP) is 4.03. The highest BCUT2D eigenvalue weighted by molar-refractivity contribution is 6.35. The zero-order valence-corrected chi connectivity index (χ0v) is 17.7. The normalized spacial score (nSPS) is 13.6. The number of hydrogen-bond acceptors (Lipinski definition) is 5. The van der Waals surface area contributed by atoms with Crippen molar-refractivity contribution in [2.24, 2.45) is 10.9 Å². The Morgan fingerprint density at radius 2 is 2.03 bits per heavy atom. The van der Waals surface area contributed by atoms with Crippen molar-refractivity contribution >= 4 is 28.9 Å². The van der Waals surface area contributed by atoms with Gasteiger partial charge in [-0.15, -0.1) is 0 Å². The third-order valence-corrected chi connectivity index (χ3v) is 5.47. The van der Waals surface area contributed by atoms with Crippen LogP contribution in [0.2, 0.25) is 10.2 Å². The fourth-order valence-corrected chi connectivity index (χ4v) is 3.92. The summed E-state index contributed by atoms with van der Waals surface area (Å²) in [4.78, 5) is 22.3.